The molecule has 0 saturated carbocycles. The molecule has 98 valence electrons. The number of hydrogen-bond acceptors (Lipinski definition) is 3. The molecule has 0 amide bonds. The Morgan fingerprint density at radius 3 is 2.44 bits per heavy atom. The Hall–Kier alpha value is -1.81. The summed E-state index contributed by atoms with van der Waals surface area (Å²) in [6.07, 6.45) is 0.553. The minimum absolute atomic E-state index is 0.248. The normalized spacial score (nSPS) is 12.2. The highest BCUT2D eigenvalue weighted by Gasteiger charge is 2.11. The van der Waals surface area contributed by atoms with Gasteiger partial charge in [-0.1, -0.05) is 37.3 Å². The Balaban J connectivity index is 2.66. The van der Waals surface area contributed by atoms with Gasteiger partial charge in [-0.25, -0.2) is 4.79 Å². The Labute approximate surface area is 107 Å². The van der Waals surface area contributed by atoms with E-state index in [0.29, 0.717) is 18.7 Å². The number of carboxylic acid groups (broad SMARTS) is 1. The molecule has 1 aromatic rings. The van der Waals surface area contributed by atoms with E-state index < -0.39 is 5.97 Å². The van der Waals surface area contributed by atoms with E-state index in [1.165, 1.54) is 0 Å². The van der Waals surface area contributed by atoms with Crippen LogP contribution >= 0.6 is 0 Å². The second kappa shape index (κ2) is 6.81. The molecule has 0 heterocycles. The second-order valence-corrected chi connectivity index (χ2v) is 4.07. The van der Waals surface area contributed by atoms with E-state index in [0.717, 1.165) is 5.56 Å². The van der Waals surface area contributed by atoms with Crippen LogP contribution in [-0.4, -0.2) is 23.2 Å². The first-order valence-electron chi connectivity index (χ1n) is 5.90. The standard InChI is InChI=1S/C14H19NO3/c1-4-13(11(2)14(16)17)18-15(3)10-12-8-6-5-7-9-12/h5-9H,4,10H2,1-3H3,(H,16,17). The van der Waals surface area contributed by atoms with Crippen molar-refractivity contribution in [1.29, 1.82) is 0 Å². The van der Waals surface area contributed by atoms with Gasteiger partial charge in [0.1, 0.15) is 5.76 Å². The van der Waals surface area contributed by atoms with Crippen molar-refractivity contribution >= 4 is 5.97 Å². The van der Waals surface area contributed by atoms with Crippen LogP contribution in [0.25, 0.3) is 0 Å². The lowest BCUT2D eigenvalue weighted by Crippen LogP contribution is -2.19. The van der Waals surface area contributed by atoms with Gasteiger partial charge in [-0.2, -0.15) is 0 Å². The van der Waals surface area contributed by atoms with E-state index in [-0.39, 0.29) is 5.57 Å². The smallest absolute Gasteiger partial charge is 0.334 e. The van der Waals surface area contributed by atoms with E-state index >= 15 is 0 Å². The van der Waals surface area contributed by atoms with Crippen LogP contribution in [0.3, 0.4) is 0 Å². The van der Waals surface area contributed by atoms with Crippen molar-refractivity contribution in [3.05, 3.63) is 47.2 Å². The number of hydroxylamine groups is 2. The molecule has 0 aliphatic heterocycles. The quantitative estimate of drug-likeness (QED) is 0.478. The summed E-state index contributed by atoms with van der Waals surface area (Å²) in [7, 11) is 1.79. The van der Waals surface area contributed by atoms with Gasteiger partial charge < -0.3 is 9.94 Å². The molecule has 0 aromatic heterocycles. The maximum absolute atomic E-state index is 10.9. The summed E-state index contributed by atoms with van der Waals surface area (Å²) in [6.45, 7) is 4.03. The van der Waals surface area contributed by atoms with Gasteiger partial charge in [0.15, 0.2) is 0 Å². The molecule has 0 bridgehead atoms. The zero-order valence-corrected chi connectivity index (χ0v) is 11.0. The molecule has 0 aliphatic carbocycles. The predicted octanol–water partition coefficient (Wildman–Crippen LogP) is 2.82. The fourth-order valence-electron chi connectivity index (χ4n) is 1.58. The molecule has 0 spiro atoms. The van der Waals surface area contributed by atoms with E-state index in [4.69, 9.17) is 9.94 Å². The van der Waals surface area contributed by atoms with Gasteiger partial charge in [-0.15, -0.1) is 5.06 Å². The molecular weight excluding hydrogens is 230 g/mol. The predicted molar refractivity (Wildman–Crippen MR) is 69.6 cm³/mol. The van der Waals surface area contributed by atoms with Crippen LogP contribution in [0, 0.1) is 0 Å². The second-order valence-electron chi connectivity index (χ2n) is 4.07. The zero-order chi connectivity index (χ0) is 13.5. The minimum atomic E-state index is -0.944. The summed E-state index contributed by atoms with van der Waals surface area (Å²) >= 11 is 0. The third-order valence-corrected chi connectivity index (χ3v) is 2.57. The fraction of sp³-hybridized carbons (Fsp3) is 0.357. The number of carbonyl (C=O) groups is 1. The Bertz CT molecular complexity index is 426. The highest BCUT2D eigenvalue weighted by molar-refractivity contribution is 5.86. The molecule has 18 heavy (non-hydrogen) atoms. The molecule has 0 aliphatic rings. The van der Waals surface area contributed by atoms with Crippen LogP contribution in [-0.2, 0) is 16.2 Å². The lowest BCUT2D eigenvalue weighted by atomic mass is 10.2. The van der Waals surface area contributed by atoms with Gasteiger partial charge in [0.2, 0.25) is 0 Å². The van der Waals surface area contributed by atoms with Crippen LogP contribution in [0.15, 0.2) is 41.7 Å². The number of aliphatic carboxylic acids is 1. The lowest BCUT2D eigenvalue weighted by Gasteiger charge is -2.20. The Morgan fingerprint density at radius 1 is 1.33 bits per heavy atom. The number of benzene rings is 1. The van der Waals surface area contributed by atoms with Gasteiger partial charge in [0.25, 0.3) is 0 Å². The first-order chi connectivity index (χ1) is 8.54. The van der Waals surface area contributed by atoms with Gasteiger partial charge in [-0.05, 0) is 12.5 Å². The van der Waals surface area contributed by atoms with Gasteiger partial charge in [0, 0.05) is 13.5 Å². The fourth-order valence-corrected chi connectivity index (χ4v) is 1.58. The Morgan fingerprint density at radius 2 is 1.94 bits per heavy atom. The summed E-state index contributed by atoms with van der Waals surface area (Å²) in [5.74, 6) is -0.458. The number of rotatable bonds is 6. The molecule has 1 N–H and O–H groups in total. The van der Waals surface area contributed by atoms with Crippen molar-refractivity contribution in [3.8, 4) is 0 Å². The number of hydrogen-bond donors (Lipinski definition) is 1. The SMILES string of the molecule is CCC(ON(C)Cc1ccccc1)=C(C)C(=O)O. The van der Waals surface area contributed by atoms with Gasteiger partial charge in [-0.3, -0.25) is 0 Å². The number of nitrogens with zero attached hydrogens (tertiary/aromatic N) is 1. The minimum Gasteiger partial charge on any atom is -0.478 e. The summed E-state index contributed by atoms with van der Waals surface area (Å²) in [5.41, 5.74) is 1.36. The molecule has 4 nitrogen and oxygen atoms in total. The molecular formula is C14H19NO3. The maximum Gasteiger partial charge on any atom is 0.334 e. The first kappa shape index (κ1) is 14.3. The first-order valence-corrected chi connectivity index (χ1v) is 5.90. The number of carboxylic acids is 1. The van der Waals surface area contributed by atoms with Crippen LogP contribution < -0.4 is 0 Å². The molecule has 1 rings (SSSR count). The average Bonchev–Trinajstić information content (AvgIpc) is 2.36. The zero-order valence-electron chi connectivity index (χ0n) is 11.0. The molecule has 0 unspecified atom stereocenters. The van der Waals surface area contributed by atoms with Gasteiger partial charge >= 0.3 is 5.97 Å². The van der Waals surface area contributed by atoms with Crippen LogP contribution in [0.2, 0.25) is 0 Å². The molecule has 0 saturated heterocycles. The van der Waals surface area contributed by atoms with Crippen LogP contribution in [0.5, 0.6) is 0 Å². The van der Waals surface area contributed by atoms with E-state index in [2.05, 4.69) is 0 Å². The van der Waals surface area contributed by atoms with Crippen molar-refractivity contribution in [2.45, 2.75) is 26.8 Å². The van der Waals surface area contributed by atoms with Crippen molar-refractivity contribution in [2.75, 3.05) is 7.05 Å². The molecule has 0 atom stereocenters. The third-order valence-electron chi connectivity index (χ3n) is 2.57. The number of allylic oxidation sites excluding steroid dienone is 1. The maximum atomic E-state index is 10.9. The average molecular weight is 249 g/mol. The van der Waals surface area contributed by atoms with Crippen molar-refractivity contribution in [2.24, 2.45) is 0 Å². The van der Waals surface area contributed by atoms with Crippen LogP contribution in [0.1, 0.15) is 25.8 Å². The van der Waals surface area contributed by atoms with Gasteiger partial charge in [0.05, 0.1) is 12.1 Å². The van der Waals surface area contributed by atoms with Crippen molar-refractivity contribution in [3.63, 3.8) is 0 Å². The highest BCUT2D eigenvalue weighted by Crippen LogP contribution is 2.13. The van der Waals surface area contributed by atoms with Crippen molar-refractivity contribution < 1.29 is 14.7 Å². The largest absolute Gasteiger partial charge is 0.478 e. The van der Waals surface area contributed by atoms with E-state index in [1.807, 2.05) is 37.3 Å². The summed E-state index contributed by atoms with van der Waals surface area (Å²) in [4.78, 5) is 16.4. The highest BCUT2D eigenvalue weighted by atomic mass is 16.7. The van der Waals surface area contributed by atoms with E-state index in [9.17, 15) is 4.79 Å². The monoisotopic (exact) mass is 249 g/mol. The lowest BCUT2D eigenvalue weighted by molar-refractivity contribution is -0.135. The molecule has 4 heteroatoms. The third kappa shape index (κ3) is 4.22. The molecule has 0 radical (unpaired) electrons. The Kier molecular flexibility index (Phi) is 5.39. The topological polar surface area (TPSA) is 49.8 Å². The van der Waals surface area contributed by atoms with Crippen LogP contribution in [0.4, 0.5) is 0 Å². The summed E-state index contributed by atoms with van der Waals surface area (Å²) in [6, 6.07) is 9.87. The molecule has 0 fully saturated rings. The van der Waals surface area contributed by atoms with E-state index in [1.54, 1.807) is 19.0 Å². The summed E-state index contributed by atoms with van der Waals surface area (Å²) < 4.78 is 0. The van der Waals surface area contributed by atoms with Crippen molar-refractivity contribution in [1.82, 2.24) is 5.06 Å². The summed E-state index contributed by atoms with van der Waals surface area (Å²) in [5, 5.41) is 10.6. The molecule has 1 aromatic carbocycles.